The molecule has 1 aromatic heterocycles. The summed E-state index contributed by atoms with van der Waals surface area (Å²) >= 11 is 0. The van der Waals surface area contributed by atoms with Crippen LogP contribution in [0.4, 0.5) is 0 Å². The van der Waals surface area contributed by atoms with Crippen LogP contribution >= 0.6 is 0 Å². The first kappa shape index (κ1) is 17.4. The quantitative estimate of drug-likeness (QED) is 0.501. The maximum Gasteiger partial charge on any atom is 0.255 e. The molecule has 0 aliphatic rings. The van der Waals surface area contributed by atoms with Crippen molar-refractivity contribution >= 4 is 11.9 Å². The lowest BCUT2D eigenvalue weighted by molar-refractivity contribution is -0.119. The van der Waals surface area contributed by atoms with Crippen LogP contribution in [0.25, 0.3) is 0 Å². The smallest absolute Gasteiger partial charge is 0.255 e. The van der Waals surface area contributed by atoms with E-state index in [9.17, 15) is 4.79 Å². The van der Waals surface area contributed by atoms with Gasteiger partial charge in [0.05, 0.1) is 19.4 Å². The Bertz CT molecular complexity index is 668. The lowest BCUT2D eigenvalue weighted by Gasteiger charge is -2.10. The van der Waals surface area contributed by atoms with Crippen molar-refractivity contribution in [2.24, 2.45) is 10.7 Å². The van der Waals surface area contributed by atoms with E-state index in [0.29, 0.717) is 24.8 Å². The number of nitrogens with one attached hydrogen (secondary N) is 2. The molecule has 0 bridgehead atoms. The summed E-state index contributed by atoms with van der Waals surface area (Å²) in [6, 6.07) is 11.1. The molecule has 0 atom stereocenters. The predicted octanol–water partition coefficient (Wildman–Crippen LogP) is 1.40. The predicted molar refractivity (Wildman–Crippen MR) is 91.5 cm³/mol. The average molecular weight is 330 g/mol. The van der Waals surface area contributed by atoms with Crippen LogP contribution in [-0.2, 0) is 17.9 Å². The number of aliphatic imine (C=N–C) groups is 1. The van der Waals surface area contributed by atoms with E-state index in [-0.39, 0.29) is 6.61 Å². The van der Waals surface area contributed by atoms with Crippen molar-refractivity contribution in [3.8, 4) is 5.75 Å². The van der Waals surface area contributed by atoms with E-state index in [1.165, 1.54) is 0 Å². The van der Waals surface area contributed by atoms with Crippen LogP contribution in [0.5, 0.6) is 5.75 Å². The Morgan fingerprint density at radius 2 is 2.17 bits per heavy atom. The van der Waals surface area contributed by atoms with Crippen molar-refractivity contribution in [2.45, 2.75) is 20.0 Å². The van der Waals surface area contributed by atoms with E-state index in [0.717, 1.165) is 17.9 Å². The number of hydrogen-bond donors (Lipinski definition) is 3. The SMILES string of the molecule is CCNC(=NCc1cccc(OCC(N)=O)c1)NCc1ccco1. The Morgan fingerprint density at radius 3 is 2.88 bits per heavy atom. The second-order valence-corrected chi connectivity index (χ2v) is 5.03. The van der Waals surface area contributed by atoms with Crippen LogP contribution in [0.3, 0.4) is 0 Å². The molecule has 1 aromatic carbocycles. The molecular weight excluding hydrogens is 308 g/mol. The van der Waals surface area contributed by atoms with Crippen LogP contribution in [0, 0.1) is 0 Å². The largest absolute Gasteiger partial charge is 0.484 e. The van der Waals surface area contributed by atoms with Gasteiger partial charge in [0.2, 0.25) is 0 Å². The molecule has 0 spiro atoms. The van der Waals surface area contributed by atoms with Gasteiger partial charge in [0.1, 0.15) is 11.5 Å². The van der Waals surface area contributed by atoms with Gasteiger partial charge in [0.25, 0.3) is 5.91 Å². The fraction of sp³-hybridized carbons (Fsp3) is 0.294. The number of nitrogens with zero attached hydrogens (tertiary/aromatic N) is 1. The molecule has 2 rings (SSSR count). The Balaban J connectivity index is 1.94. The number of rotatable bonds is 8. The number of carbonyl (C=O) groups excluding carboxylic acids is 1. The van der Waals surface area contributed by atoms with Crippen LogP contribution in [-0.4, -0.2) is 25.0 Å². The first-order valence-electron chi connectivity index (χ1n) is 7.72. The van der Waals surface area contributed by atoms with Crippen molar-refractivity contribution in [2.75, 3.05) is 13.2 Å². The van der Waals surface area contributed by atoms with Gasteiger partial charge in [0.15, 0.2) is 12.6 Å². The minimum Gasteiger partial charge on any atom is -0.484 e. The molecular formula is C17H22N4O3. The van der Waals surface area contributed by atoms with Crippen molar-refractivity contribution in [3.63, 3.8) is 0 Å². The minimum absolute atomic E-state index is 0.139. The lowest BCUT2D eigenvalue weighted by atomic mass is 10.2. The molecule has 2 aromatic rings. The first-order chi connectivity index (χ1) is 11.7. The van der Waals surface area contributed by atoms with E-state index in [1.807, 2.05) is 37.3 Å². The number of ether oxygens (including phenoxy) is 1. The molecule has 0 radical (unpaired) electrons. The standard InChI is InChI=1S/C17H22N4O3/c1-2-19-17(21-11-15-7-4-8-23-15)20-10-13-5-3-6-14(9-13)24-12-16(18)22/h3-9H,2,10-12H2,1H3,(H2,18,22)(H2,19,20,21). The van der Waals surface area contributed by atoms with E-state index < -0.39 is 5.91 Å². The molecule has 24 heavy (non-hydrogen) atoms. The molecule has 7 heteroatoms. The number of amides is 1. The first-order valence-corrected chi connectivity index (χ1v) is 7.72. The number of hydrogen-bond acceptors (Lipinski definition) is 4. The van der Waals surface area contributed by atoms with Gasteiger partial charge in [-0.25, -0.2) is 4.99 Å². The Hall–Kier alpha value is -2.96. The van der Waals surface area contributed by atoms with E-state index in [4.69, 9.17) is 14.9 Å². The zero-order valence-electron chi connectivity index (χ0n) is 13.6. The van der Waals surface area contributed by atoms with Gasteiger partial charge in [-0.2, -0.15) is 0 Å². The number of carbonyl (C=O) groups is 1. The van der Waals surface area contributed by atoms with Gasteiger partial charge in [-0.1, -0.05) is 12.1 Å². The highest BCUT2D eigenvalue weighted by molar-refractivity contribution is 5.79. The maximum atomic E-state index is 10.8. The molecule has 0 fully saturated rings. The van der Waals surface area contributed by atoms with Crippen LogP contribution in [0.2, 0.25) is 0 Å². The number of guanidine groups is 1. The fourth-order valence-corrected chi connectivity index (χ4v) is 1.98. The summed E-state index contributed by atoms with van der Waals surface area (Å²) in [6.45, 7) is 3.65. The topological polar surface area (TPSA) is 102 Å². The molecule has 1 amide bonds. The molecule has 4 N–H and O–H groups in total. The number of nitrogens with two attached hydrogens (primary N) is 1. The third kappa shape index (κ3) is 6.04. The van der Waals surface area contributed by atoms with Crippen LogP contribution in [0.1, 0.15) is 18.2 Å². The molecule has 1 heterocycles. The lowest BCUT2D eigenvalue weighted by Crippen LogP contribution is -2.36. The molecule has 0 aliphatic heterocycles. The highest BCUT2D eigenvalue weighted by Crippen LogP contribution is 2.14. The number of primary amides is 1. The fourth-order valence-electron chi connectivity index (χ4n) is 1.98. The van der Waals surface area contributed by atoms with E-state index in [2.05, 4.69) is 15.6 Å². The van der Waals surface area contributed by atoms with Crippen molar-refractivity contribution in [1.82, 2.24) is 10.6 Å². The van der Waals surface area contributed by atoms with Gasteiger partial charge in [-0.05, 0) is 36.8 Å². The monoisotopic (exact) mass is 330 g/mol. The summed E-state index contributed by atoms with van der Waals surface area (Å²) < 4.78 is 10.6. The molecule has 0 aliphatic carbocycles. The van der Waals surface area contributed by atoms with E-state index >= 15 is 0 Å². The van der Waals surface area contributed by atoms with Gasteiger partial charge in [-0.15, -0.1) is 0 Å². The molecule has 128 valence electrons. The van der Waals surface area contributed by atoms with Crippen molar-refractivity contribution in [1.29, 1.82) is 0 Å². The summed E-state index contributed by atoms with van der Waals surface area (Å²) in [7, 11) is 0. The van der Waals surface area contributed by atoms with E-state index in [1.54, 1.807) is 12.3 Å². The minimum atomic E-state index is -0.505. The van der Waals surface area contributed by atoms with Crippen molar-refractivity contribution < 1.29 is 13.9 Å². The molecule has 7 nitrogen and oxygen atoms in total. The van der Waals surface area contributed by atoms with Gasteiger partial charge in [0, 0.05) is 6.54 Å². The second-order valence-electron chi connectivity index (χ2n) is 5.03. The summed E-state index contributed by atoms with van der Waals surface area (Å²) in [5.74, 6) is 1.62. The maximum absolute atomic E-state index is 10.8. The van der Waals surface area contributed by atoms with Crippen LogP contribution < -0.4 is 21.1 Å². The third-order valence-electron chi connectivity index (χ3n) is 3.05. The summed E-state index contributed by atoms with van der Waals surface area (Å²) in [5.41, 5.74) is 6.04. The molecule has 0 saturated carbocycles. The van der Waals surface area contributed by atoms with Gasteiger partial charge in [-0.3, -0.25) is 4.79 Å². The van der Waals surface area contributed by atoms with Crippen LogP contribution in [0.15, 0.2) is 52.1 Å². The highest BCUT2D eigenvalue weighted by Gasteiger charge is 2.02. The summed E-state index contributed by atoms with van der Waals surface area (Å²) in [5, 5.41) is 6.38. The molecule has 0 saturated heterocycles. The number of furan rings is 1. The summed E-state index contributed by atoms with van der Waals surface area (Å²) in [6.07, 6.45) is 1.64. The second kappa shape index (κ2) is 9.24. The van der Waals surface area contributed by atoms with Gasteiger partial charge < -0.3 is 25.5 Å². The Labute approximate surface area is 140 Å². The van der Waals surface area contributed by atoms with Gasteiger partial charge >= 0.3 is 0 Å². The zero-order valence-corrected chi connectivity index (χ0v) is 13.6. The Kier molecular flexibility index (Phi) is 6.70. The molecule has 0 unspecified atom stereocenters. The average Bonchev–Trinajstić information content (AvgIpc) is 3.09. The summed E-state index contributed by atoms with van der Waals surface area (Å²) in [4.78, 5) is 15.3. The third-order valence-corrected chi connectivity index (χ3v) is 3.05. The zero-order chi connectivity index (χ0) is 17.2. The Morgan fingerprint density at radius 1 is 1.29 bits per heavy atom. The highest BCUT2D eigenvalue weighted by atomic mass is 16.5. The normalized spacial score (nSPS) is 11.1. The van der Waals surface area contributed by atoms with Crippen molar-refractivity contribution in [3.05, 3.63) is 54.0 Å². The number of benzene rings is 1.